The number of anilines is 2. The highest BCUT2D eigenvalue weighted by molar-refractivity contribution is 7.92. The number of benzene rings is 2. The highest BCUT2D eigenvalue weighted by atomic mass is 32.2. The summed E-state index contributed by atoms with van der Waals surface area (Å²) >= 11 is 1.38. The number of sulfonamides is 1. The van der Waals surface area contributed by atoms with E-state index in [0.29, 0.717) is 16.3 Å². The lowest BCUT2D eigenvalue weighted by molar-refractivity contribution is -0.114. The Morgan fingerprint density at radius 2 is 1.70 bits per heavy atom. The predicted octanol–water partition coefficient (Wildman–Crippen LogP) is 5.76. The van der Waals surface area contributed by atoms with Crippen LogP contribution in [0.3, 0.4) is 0 Å². The van der Waals surface area contributed by atoms with Crippen molar-refractivity contribution in [3.8, 4) is 0 Å². The van der Waals surface area contributed by atoms with Crippen LogP contribution in [0.15, 0.2) is 59.5 Å². The Morgan fingerprint density at radius 3 is 2.35 bits per heavy atom. The fourth-order valence-electron chi connectivity index (χ4n) is 4.43. The van der Waals surface area contributed by atoms with Gasteiger partial charge in [0.15, 0.2) is 0 Å². The topological polar surface area (TPSA) is 92.8 Å². The molecule has 1 heterocycles. The van der Waals surface area contributed by atoms with Gasteiger partial charge in [0.25, 0.3) is 10.0 Å². The number of carbonyl (C=O) groups excluding carboxylic acids is 2. The fraction of sp³-hybridized carbons (Fsp3) is 0.357. The minimum Gasteiger partial charge on any atom is -0.462 e. The first-order valence-electron chi connectivity index (χ1n) is 12.5. The molecule has 196 valence electrons. The van der Waals surface area contributed by atoms with Gasteiger partial charge in [-0.3, -0.25) is 9.10 Å². The van der Waals surface area contributed by atoms with Crippen molar-refractivity contribution in [2.75, 3.05) is 22.8 Å². The number of esters is 1. The van der Waals surface area contributed by atoms with Crippen molar-refractivity contribution in [3.63, 3.8) is 0 Å². The second kappa shape index (κ2) is 11.5. The van der Waals surface area contributed by atoms with E-state index in [1.165, 1.54) is 23.5 Å². The van der Waals surface area contributed by atoms with Crippen LogP contribution < -0.4 is 9.62 Å². The van der Waals surface area contributed by atoms with Crippen LogP contribution in [-0.4, -0.2) is 33.4 Å². The Labute approximate surface area is 222 Å². The van der Waals surface area contributed by atoms with Crippen LogP contribution in [0.4, 0.5) is 10.7 Å². The van der Waals surface area contributed by atoms with E-state index in [-0.39, 0.29) is 17.4 Å². The number of amides is 1. The van der Waals surface area contributed by atoms with Gasteiger partial charge in [0, 0.05) is 4.88 Å². The molecule has 1 aliphatic rings. The summed E-state index contributed by atoms with van der Waals surface area (Å²) in [6.07, 6.45) is 3.60. The lowest BCUT2D eigenvalue weighted by Gasteiger charge is -2.24. The van der Waals surface area contributed by atoms with Crippen LogP contribution in [0, 0.1) is 0 Å². The minimum atomic E-state index is -4.03. The third-order valence-electron chi connectivity index (χ3n) is 6.37. The molecule has 4 rings (SSSR count). The Bertz CT molecular complexity index is 1360. The molecular weight excluding hydrogens is 508 g/mol. The normalized spacial score (nSPS) is 13.2. The summed E-state index contributed by atoms with van der Waals surface area (Å²) in [5, 5.41) is 3.25. The summed E-state index contributed by atoms with van der Waals surface area (Å²) < 4.78 is 33.7. The quantitative estimate of drug-likeness (QED) is 0.348. The highest BCUT2D eigenvalue weighted by Crippen LogP contribution is 2.38. The predicted molar refractivity (Wildman–Crippen MR) is 147 cm³/mol. The molecule has 1 amide bonds. The molecule has 1 N–H and O–H groups in total. The maximum Gasteiger partial charge on any atom is 0.341 e. The number of fused-ring (bicyclic) bond motifs is 1. The average Bonchev–Trinajstić information content (AvgIpc) is 3.25. The number of hydrogen-bond acceptors (Lipinski definition) is 6. The van der Waals surface area contributed by atoms with Crippen molar-refractivity contribution < 1.29 is 22.7 Å². The molecule has 0 unspecified atom stereocenters. The molecule has 0 spiro atoms. The number of aryl methyl sites for hydroxylation is 1. The van der Waals surface area contributed by atoms with Crippen molar-refractivity contribution in [1.29, 1.82) is 0 Å². The van der Waals surface area contributed by atoms with Crippen LogP contribution in [0.25, 0.3) is 0 Å². The first kappa shape index (κ1) is 26.9. The van der Waals surface area contributed by atoms with Crippen LogP contribution in [-0.2, 0) is 32.4 Å². The molecule has 1 aromatic heterocycles. The summed E-state index contributed by atoms with van der Waals surface area (Å²) in [6, 6.07) is 15.2. The number of nitrogens with one attached hydrogen (secondary N) is 1. The van der Waals surface area contributed by atoms with Crippen LogP contribution in [0.1, 0.15) is 65.9 Å². The number of ether oxygens (including phenoxy) is 1. The lowest BCUT2D eigenvalue weighted by atomic mass is 9.95. The van der Waals surface area contributed by atoms with E-state index in [0.717, 1.165) is 46.0 Å². The summed E-state index contributed by atoms with van der Waals surface area (Å²) in [5.74, 6) is -0.713. The summed E-state index contributed by atoms with van der Waals surface area (Å²) in [4.78, 5) is 27.3. The van der Waals surface area contributed by atoms with E-state index in [4.69, 9.17) is 4.74 Å². The fourth-order valence-corrected chi connectivity index (χ4v) is 7.17. The van der Waals surface area contributed by atoms with Crippen molar-refractivity contribution in [2.24, 2.45) is 0 Å². The smallest absolute Gasteiger partial charge is 0.341 e. The lowest BCUT2D eigenvalue weighted by Crippen LogP contribution is -2.38. The third kappa shape index (κ3) is 5.88. The molecule has 3 aromatic rings. The zero-order chi connectivity index (χ0) is 26.6. The first-order valence-corrected chi connectivity index (χ1v) is 14.8. The van der Waals surface area contributed by atoms with Gasteiger partial charge in [0.05, 0.1) is 22.8 Å². The zero-order valence-electron chi connectivity index (χ0n) is 21.3. The van der Waals surface area contributed by atoms with Crippen molar-refractivity contribution >= 4 is 43.9 Å². The first-order chi connectivity index (χ1) is 17.7. The summed E-state index contributed by atoms with van der Waals surface area (Å²) in [7, 11) is -4.03. The van der Waals surface area contributed by atoms with Gasteiger partial charge in [-0.05, 0) is 73.9 Å². The Kier molecular flexibility index (Phi) is 8.34. The number of rotatable bonds is 9. The van der Waals surface area contributed by atoms with Crippen LogP contribution in [0.2, 0.25) is 0 Å². The molecule has 1 aliphatic carbocycles. The van der Waals surface area contributed by atoms with Gasteiger partial charge in [-0.1, -0.05) is 44.2 Å². The van der Waals surface area contributed by atoms with Gasteiger partial charge < -0.3 is 10.1 Å². The van der Waals surface area contributed by atoms with E-state index < -0.39 is 28.4 Å². The van der Waals surface area contributed by atoms with Gasteiger partial charge in [-0.25, -0.2) is 13.2 Å². The van der Waals surface area contributed by atoms with E-state index >= 15 is 0 Å². The van der Waals surface area contributed by atoms with E-state index in [1.807, 2.05) is 12.1 Å². The molecule has 9 heteroatoms. The molecule has 7 nitrogen and oxygen atoms in total. The molecule has 0 bridgehead atoms. The largest absolute Gasteiger partial charge is 0.462 e. The molecule has 0 saturated carbocycles. The molecular formula is C28H32N2O5S2. The molecule has 37 heavy (non-hydrogen) atoms. The minimum absolute atomic E-state index is 0.0922. The van der Waals surface area contributed by atoms with Crippen LogP contribution in [0.5, 0.6) is 0 Å². The molecule has 2 aromatic carbocycles. The summed E-state index contributed by atoms with van der Waals surface area (Å²) in [6.45, 7) is 5.65. The second-order valence-electron chi connectivity index (χ2n) is 9.25. The van der Waals surface area contributed by atoms with E-state index in [9.17, 15) is 18.0 Å². The van der Waals surface area contributed by atoms with Gasteiger partial charge in [-0.15, -0.1) is 11.3 Å². The Hall–Kier alpha value is -3.17. The number of nitrogens with zero attached hydrogens (tertiary/aromatic N) is 1. The molecule has 0 radical (unpaired) electrons. The maximum absolute atomic E-state index is 13.6. The van der Waals surface area contributed by atoms with Crippen molar-refractivity contribution in [1.82, 2.24) is 0 Å². The van der Waals surface area contributed by atoms with E-state index in [2.05, 4.69) is 19.2 Å². The highest BCUT2D eigenvalue weighted by Gasteiger charge is 2.30. The number of thiophene rings is 1. The molecule has 0 fully saturated rings. The van der Waals surface area contributed by atoms with Gasteiger partial charge in [0.1, 0.15) is 11.5 Å². The Balaban J connectivity index is 1.67. The number of hydrogen-bond donors (Lipinski definition) is 1. The van der Waals surface area contributed by atoms with E-state index in [1.54, 1.807) is 37.3 Å². The summed E-state index contributed by atoms with van der Waals surface area (Å²) in [5.41, 5.74) is 2.78. The monoisotopic (exact) mass is 540 g/mol. The standard InChI is InChI=1S/C28H32N2O5S2/c1-4-35-28(32)26-23-12-8-9-13-24(23)36-27(26)29-25(31)18-30(21-16-14-20(15-17-21)19(2)3)37(33,34)22-10-6-5-7-11-22/h5-7,10-11,14-17,19H,4,8-9,12-13,18H2,1-3H3,(H,29,31). The molecule has 0 aliphatic heterocycles. The average molecular weight is 541 g/mol. The van der Waals surface area contributed by atoms with Crippen molar-refractivity contribution in [2.45, 2.75) is 57.3 Å². The van der Waals surface area contributed by atoms with Gasteiger partial charge >= 0.3 is 5.97 Å². The zero-order valence-corrected chi connectivity index (χ0v) is 23.0. The number of carbonyl (C=O) groups is 2. The van der Waals surface area contributed by atoms with Crippen LogP contribution >= 0.6 is 11.3 Å². The molecule has 0 saturated heterocycles. The SMILES string of the molecule is CCOC(=O)c1c(NC(=O)CN(c2ccc(C(C)C)cc2)S(=O)(=O)c2ccccc2)sc2c1CCCC2. The maximum atomic E-state index is 13.6. The van der Waals surface area contributed by atoms with Crippen molar-refractivity contribution in [3.05, 3.63) is 76.2 Å². The second-order valence-corrected chi connectivity index (χ2v) is 12.2. The van der Waals surface area contributed by atoms with Gasteiger partial charge in [0.2, 0.25) is 5.91 Å². The van der Waals surface area contributed by atoms with Gasteiger partial charge in [-0.2, -0.15) is 0 Å². The molecule has 0 atom stereocenters. The third-order valence-corrected chi connectivity index (χ3v) is 9.37. The Morgan fingerprint density at radius 1 is 1.03 bits per heavy atom.